The molecule has 0 spiro atoms. The third kappa shape index (κ3) is 1.33. The van der Waals surface area contributed by atoms with Gasteiger partial charge in [-0.2, -0.15) is 0 Å². The first-order chi connectivity index (χ1) is 7.36. The molecule has 2 aromatic rings. The third-order valence-corrected chi connectivity index (χ3v) is 3.99. The lowest BCUT2D eigenvalue weighted by molar-refractivity contribution is 0.559. The Morgan fingerprint density at radius 3 is 3.07 bits per heavy atom. The summed E-state index contributed by atoms with van der Waals surface area (Å²) in [7, 11) is -1.66. The smallest absolute Gasteiger partial charge is 0.250 e. The van der Waals surface area contributed by atoms with Gasteiger partial charge in [0, 0.05) is 17.4 Å². The van der Waals surface area contributed by atoms with Gasteiger partial charge in [-0.15, -0.1) is 0 Å². The maximum absolute atomic E-state index is 11.8. The SMILES string of the molecule is O=[p+]1oc2ccccc2c2c1CCC=C2. The van der Waals surface area contributed by atoms with E-state index >= 15 is 0 Å². The van der Waals surface area contributed by atoms with Crippen LogP contribution in [0, 0.1) is 0 Å². The number of allylic oxidation sites excluding steroid dienone is 1. The molecule has 1 aromatic heterocycles. The van der Waals surface area contributed by atoms with Crippen molar-refractivity contribution in [2.24, 2.45) is 0 Å². The number of para-hydroxylation sites is 1. The fourth-order valence-electron chi connectivity index (χ4n) is 2.00. The number of hydrogen-bond acceptors (Lipinski definition) is 2. The Bertz CT molecular complexity index is 611. The van der Waals surface area contributed by atoms with Gasteiger partial charge in [-0.05, 0) is 17.1 Å². The molecule has 2 nitrogen and oxygen atoms in total. The molecule has 74 valence electrons. The Morgan fingerprint density at radius 1 is 1.27 bits per heavy atom. The fourth-order valence-corrected chi connectivity index (χ4v) is 3.15. The van der Waals surface area contributed by atoms with Crippen molar-refractivity contribution in [1.82, 2.24) is 0 Å². The van der Waals surface area contributed by atoms with Crippen LogP contribution in [0.15, 0.2) is 34.5 Å². The van der Waals surface area contributed by atoms with E-state index in [0.717, 1.165) is 34.7 Å². The molecular formula is C12H10O2P+. The van der Waals surface area contributed by atoms with Crippen molar-refractivity contribution in [2.75, 3.05) is 0 Å². The first-order valence-corrected chi connectivity index (χ1v) is 6.18. The van der Waals surface area contributed by atoms with Gasteiger partial charge in [0.25, 0.3) is 0 Å². The summed E-state index contributed by atoms with van der Waals surface area (Å²) >= 11 is 0. The van der Waals surface area contributed by atoms with Crippen LogP contribution in [-0.4, -0.2) is 0 Å². The third-order valence-electron chi connectivity index (χ3n) is 2.72. The van der Waals surface area contributed by atoms with Gasteiger partial charge >= 0.3 is 7.65 Å². The minimum Gasteiger partial charge on any atom is -0.250 e. The first kappa shape index (κ1) is 8.87. The summed E-state index contributed by atoms with van der Waals surface area (Å²) in [6, 6.07) is 7.77. The molecule has 1 aliphatic carbocycles. The van der Waals surface area contributed by atoms with Gasteiger partial charge in [0.15, 0.2) is 5.58 Å². The normalized spacial score (nSPS) is 15.3. The summed E-state index contributed by atoms with van der Waals surface area (Å²) in [4.78, 5) is 0. The molecule has 3 rings (SSSR count). The largest absolute Gasteiger partial charge is 0.593 e. The Labute approximate surface area is 88.1 Å². The van der Waals surface area contributed by atoms with Crippen LogP contribution in [0.1, 0.15) is 17.3 Å². The molecule has 1 aliphatic rings. The molecule has 1 heterocycles. The van der Waals surface area contributed by atoms with Crippen LogP contribution in [0.4, 0.5) is 0 Å². The lowest BCUT2D eigenvalue weighted by Gasteiger charge is -2.04. The maximum atomic E-state index is 11.8. The molecule has 1 unspecified atom stereocenters. The minimum atomic E-state index is -1.66. The average Bonchev–Trinajstić information content (AvgIpc) is 2.30. The van der Waals surface area contributed by atoms with E-state index in [1.54, 1.807) is 0 Å². The second-order valence-electron chi connectivity index (χ2n) is 3.65. The summed E-state index contributed by atoms with van der Waals surface area (Å²) in [6.45, 7) is 0. The van der Waals surface area contributed by atoms with E-state index in [1.807, 2.05) is 24.3 Å². The molecule has 0 aliphatic heterocycles. The molecule has 0 bridgehead atoms. The van der Waals surface area contributed by atoms with Crippen molar-refractivity contribution in [2.45, 2.75) is 12.8 Å². The standard InChI is InChI=1S/C12H10O2P/c13-15-12-8-4-2-6-10(12)9-5-1-3-7-11(9)14-15/h1-3,5-7H,4,8H2/q+1. The van der Waals surface area contributed by atoms with Crippen LogP contribution in [-0.2, 0) is 11.0 Å². The lowest BCUT2D eigenvalue weighted by atomic mass is 10.0. The Kier molecular flexibility index (Phi) is 1.96. The number of benzene rings is 1. The molecular weight excluding hydrogens is 207 g/mol. The Hall–Kier alpha value is -1.40. The van der Waals surface area contributed by atoms with Crippen molar-refractivity contribution in [1.29, 1.82) is 0 Å². The summed E-state index contributed by atoms with van der Waals surface area (Å²) in [6.07, 6.45) is 6.01. The van der Waals surface area contributed by atoms with Gasteiger partial charge in [-0.3, -0.25) is 0 Å². The van der Waals surface area contributed by atoms with Crippen molar-refractivity contribution in [3.63, 3.8) is 0 Å². The predicted octanol–water partition coefficient (Wildman–Crippen LogP) is 4.13. The predicted molar refractivity (Wildman–Crippen MR) is 61.2 cm³/mol. The highest BCUT2D eigenvalue weighted by Crippen LogP contribution is 2.36. The molecule has 3 heteroatoms. The second kappa shape index (κ2) is 3.32. The van der Waals surface area contributed by atoms with Crippen LogP contribution in [0.3, 0.4) is 0 Å². The first-order valence-electron chi connectivity index (χ1n) is 5.00. The summed E-state index contributed by atoms with van der Waals surface area (Å²) < 4.78 is 17.2. The number of rotatable bonds is 0. The number of hydrogen-bond donors (Lipinski definition) is 0. The van der Waals surface area contributed by atoms with Crippen LogP contribution in [0.25, 0.3) is 17.0 Å². The zero-order valence-corrected chi connectivity index (χ0v) is 9.04. The molecule has 0 amide bonds. The van der Waals surface area contributed by atoms with E-state index in [0.29, 0.717) is 0 Å². The lowest BCUT2D eigenvalue weighted by Crippen LogP contribution is -1.92. The topological polar surface area (TPSA) is 30.2 Å². The van der Waals surface area contributed by atoms with E-state index in [4.69, 9.17) is 4.20 Å². The fraction of sp³-hybridized carbons (Fsp3) is 0.167. The van der Waals surface area contributed by atoms with Crippen LogP contribution in [0.5, 0.6) is 0 Å². The van der Waals surface area contributed by atoms with Crippen molar-refractivity contribution in [3.05, 3.63) is 41.2 Å². The van der Waals surface area contributed by atoms with Gasteiger partial charge in [0.1, 0.15) is 0 Å². The number of fused-ring (bicyclic) bond motifs is 3. The molecule has 0 N–H and O–H groups in total. The van der Waals surface area contributed by atoms with Gasteiger partial charge in [-0.25, -0.2) is 4.20 Å². The van der Waals surface area contributed by atoms with Crippen LogP contribution < -0.4 is 0 Å². The Balaban J connectivity index is 2.52. The molecule has 0 saturated heterocycles. The molecule has 1 aromatic carbocycles. The highest BCUT2D eigenvalue weighted by molar-refractivity contribution is 7.31. The van der Waals surface area contributed by atoms with Crippen LogP contribution in [0.2, 0.25) is 0 Å². The quantitative estimate of drug-likeness (QED) is 0.663. The van der Waals surface area contributed by atoms with Crippen molar-refractivity contribution < 1.29 is 8.76 Å². The molecule has 0 radical (unpaired) electrons. The minimum absolute atomic E-state index is 0.740. The van der Waals surface area contributed by atoms with Gasteiger partial charge in [0.05, 0.1) is 0 Å². The Morgan fingerprint density at radius 2 is 2.13 bits per heavy atom. The zero-order chi connectivity index (χ0) is 10.3. The highest BCUT2D eigenvalue weighted by atomic mass is 31.1. The second-order valence-corrected chi connectivity index (χ2v) is 4.88. The molecule has 15 heavy (non-hydrogen) atoms. The molecule has 0 saturated carbocycles. The zero-order valence-electron chi connectivity index (χ0n) is 8.14. The van der Waals surface area contributed by atoms with Gasteiger partial charge < -0.3 is 0 Å². The van der Waals surface area contributed by atoms with E-state index in [9.17, 15) is 4.57 Å². The summed E-state index contributed by atoms with van der Waals surface area (Å²) in [5.74, 6) is 0. The summed E-state index contributed by atoms with van der Waals surface area (Å²) in [5.41, 5.74) is 1.84. The maximum Gasteiger partial charge on any atom is 0.593 e. The van der Waals surface area contributed by atoms with E-state index in [1.165, 1.54) is 0 Å². The molecule has 1 atom stereocenters. The van der Waals surface area contributed by atoms with E-state index in [2.05, 4.69) is 12.2 Å². The molecule has 0 fully saturated rings. The van der Waals surface area contributed by atoms with E-state index < -0.39 is 7.65 Å². The average molecular weight is 217 g/mol. The van der Waals surface area contributed by atoms with Crippen molar-refractivity contribution in [3.8, 4) is 0 Å². The highest BCUT2D eigenvalue weighted by Gasteiger charge is 2.23. The van der Waals surface area contributed by atoms with Crippen molar-refractivity contribution >= 4 is 24.7 Å². The summed E-state index contributed by atoms with van der Waals surface area (Å²) in [5, 5.41) is 2.03. The van der Waals surface area contributed by atoms with Gasteiger partial charge in [-0.1, -0.05) is 30.4 Å². The van der Waals surface area contributed by atoms with Crippen LogP contribution >= 0.6 is 7.65 Å². The van der Waals surface area contributed by atoms with Gasteiger partial charge in [0.2, 0.25) is 5.30 Å². The van der Waals surface area contributed by atoms with E-state index in [-0.39, 0.29) is 0 Å². The monoisotopic (exact) mass is 217 g/mol.